The van der Waals surface area contributed by atoms with Gasteiger partial charge >= 0.3 is 5.97 Å². The van der Waals surface area contributed by atoms with Crippen molar-refractivity contribution < 1.29 is 19.0 Å². The molecule has 0 aliphatic heterocycles. The lowest BCUT2D eigenvalue weighted by Crippen LogP contribution is -2.04. The Morgan fingerprint density at radius 3 is 2.20 bits per heavy atom. The topological polar surface area (TPSA) is 44.8 Å². The largest absolute Gasteiger partial charge is 0.490 e. The van der Waals surface area contributed by atoms with Gasteiger partial charge in [-0.3, -0.25) is 0 Å². The van der Waals surface area contributed by atoms with Crippen molar-refractivity contribution in [3.05, 3.63) is 59.2 Å². The summed E-state index contributed by atoms with van der Waals surface area (Å²) < 4.78 is 16.5. The van der Waals surface area contributed by atoms with Crippen molar-refractivity contribution in [2.75, 3.05) is 13.2 Å². The van der Waals surface area contributed by atoms with Crippen LogP contribution < -0.4 is 14.2 Å². The zero-order valence-corrected chi connectivity index (χ0v) is 15.2. The van der Waals surface area contributed by atoms with Gasteiger partial charge in [0, 0.05) is 6.08 Å². The van der Waals surface area contributed by atoms with Gasteiger partial charge in [0.25, 0.3) is 0 Å². The third-order valence-electron chi connectivity index (χ3n) is 3.39. The normalized spacial score (nSPS) is 10.7. The molecule has 0 amide bonds. The minimum atomic E-state index is -0.420. The van der Waals surface area contributed by atoms with Crippen molar-refractivity contribution in [3.8, 4) is 17.2 Å². The number of esters is 1. The van der Waals surface area contributed by atoms with Gasteiger partial charge in [-0.2, -0.15) is 0 Å². The first kappa shape index (κ1) is 18.6. The second-order valence-electron chi connectivity index (χ2n) is 5.65. The maximum Gasteiger partial charge on any atom is 0.336 e. The van der Waals surface area contributed by atoms with Crippen molar-refractivity contribution in [2.45, 2.75) is 27.7 Å². The molecule has 4 heteroatoms. The fraction of sp³-hybridized carbons (Fsp3) is 0.286. The fourth-order valence-corrected chi connectivity index (χ4v) is 2.48. The quantitative estimate of drug-likeness (QED) is 0.416. The molecule has 0 N–H and O–H groups in total. The predicted octanol–water partition coefficient (Wildman–Crippen LogP) is 4.72. The third-order valence-corrected chi connectivity index (χ3v) is 3.39. The van der Waals surface area contributed by atoms with Crippen molar-refractivity contribution in [2.24, 2.45) is 0 Å². The molecule has 0 aliphatic rings. The molecular weight excluding hydrogens is 316 g/mol. The minimum Gasteiger partial charge on any atom is -0.490 e. The first-order valence-electron chi connectivity index (χ1n) is 8.39. The summed E-state index contributed by atoms with van der Waals surface area (Å²) in [5, 5.41) is 0. The average Bonchev–Trinajstić information content (AvgIpc) is 2.54. The minimum absolute atomic E-state index is 0.420. The lowest BCUT2D eigenvalue weighted by atomic mass is 10.1. The first-order valence-corrected chi connectivity index (χ1v) is 8.39. The molecule has 0 heterocycles. The molecule has 0 aliphatic carbocycles. The highest BCUT2D eigenvalue weighted by Crippen LogP contribution is 2.29. The van der Waals surface area contributed by atoms with Gasteiger partial charge in [-0.1, -0.05) is 12.1 Å². The standard InChI is InChI=1S/C21H24O4/c1-5-23-19-9-7-17(14-20(19)24-6-2)8-10-21(22)25-18-12-15(3)11-16(4)13-18/h7-14H,5-6H2,1-4H3. The summed E-state index contributed by atoms with van der Waals surface area (Å²) in [7, 11) is 0. The summed E-state index contributed by atoms with van der Waals surface area (Å²) in [5.74, 6) is 1.49. The summed E-state index contributed by atoms with van der Waals surface area (Å²) in [6.07, 6.45) is 3.10. The maximum absolute atomic E-state index is 12.0. The summed E-state index contributed by atoms with van der Waals surface area (Å²) in [6.45, 7) is 8.89. The molecule has 2 aromatic carbocycles. The number of aryl methyl sites for hydroxylation is 2. The molecule has 0 unspecified atom stereocenters. The van der Waals surface area contributed by atoms with Crippen LogP contribution in [0.5, 0.6) is 17.2 Å². The summed E-state index contributed by atoms with van der Waals surface area (Å²) in [5.41, 5.74) is 2.95. The number of carbonyl (C=O) groups is 1. The maximum atomic E-state index is 12.0. The van der Waals surface area contributed by atoms with Crippen LogP contribution in [0.1, 0.15) is 30.5 Å². The van der Waals surface area contributed by atoms with Crippen molar-refractivity contribution in [1.82, 2.24) is 0 Å². The number of carbonyl (C=O) groups excluding carboxylic acids is 1. The van der Waals surface area contributed by atoms with Crippen molar-refractivity contribution in [3.63, 3.8) is 0 Å². The molecule has 0 fully saturated rings. The lowest BCUT2D eigenvalue weighted by molar-refractivity contribution is -0.128. The van der Waals surface area contributed by atoms with Gasteiger partial charge < -0.3 is 14.2 Å². The first-order chi connectivity index (χ1) is 12.0. The molecule has 25 heavy (non-hydrogen) atoms. The summed E-state index contributed by atoms with van der Waals surface area (Å²) in [4.78, 5) is 12.0. The van der Waals surface area contributed by atoms with Gasteiger partial charge in [0.1, 0.15) is 5.75 Å². The smallest absolute Gasteiger partial charge is 0.336 e. The van der Waals surface area contributed by atoms with Crippen LogP contribution >= 0.6 is 0 Å². The Morgan fingerprint density at radius 1 is 0.920 bits per heavy atom. The fourth-order valence-electron chi connectivity index (χ4n) is 2.48. The second-order valence-corrected chi connectivity index (χ2v) is 5.65. The highest BCUT2D eigenvalue weighted by Gasteiger charge is 2.06. The van der Waals surface area contributed by atoms with E-state index in [1.165, 1.54) is 6.08 Å². The van der Waals surface area contributed by atoms with Crippen LogP contribution in [0.4, 0.5) is 0 Å². The Labute approximate surface area is 149 Å². The van der Waals surface area contributed by atoms with Crippen molar-refractivity contribution >= 4 is 12.0 Å². The number of benzene rings is 2. The van der Waals surface area contributed by atoms with Gasteiger partial charge in [0.2, 0.25) is 0 Å². The van der Waals surface area contributed by atoms with E-state index in [0.29, 0.717) is 30.5 Å². The van der Waals surface area contributed by atoms with Gasteiger partial charge in [0.05, 0.1) is 13.2 Å². The van der Waals surface area contributed by atoms with Crippen LogP contribution in [-0.2, 0) is 4.79 Å². The summed E-state index contributed by atoms with van der Waals surface area (Å²) >= 11 is 0. The van der Waals surface area contributed by atoms with Crippen LogP contribution in [0.2, 0.25) is 0 Å². The monoisotopic (exact) mass is 340 g/mol. The molecule has 2 rings (SSSR count). The van der Waals surface area contributed by atoms with Crippen LogP contribution in [0.25, 0.3) is 6.08 Å². The zero-order chi connectivity index (χ0) is 18.2. The Balaban J connectivity index is 2.09. The molecule has 0 atom stereocenters. The van der Waals surface area contributed by atoms with Crippen LogP contribution in [0, 0.1) is 13.8 Å². The van der Waals surface area contributed by atoms with E-state index in [0.717, 1.165) is 16.7 Å². The lowest BCUT2D eigenvalue weighted by Gasteiger charge is -2.11. The third kappa shape index (κ3) is 5.68. The Morgan fingerprint density at radius 2 is 1.56 bits per heavy atom. The van der Waals surface area contributed by atoms with Crippen LogP contribution in [-0.4, -0.2) is 19.2 Å². The van der Waals surface area contributed by atoms with Gasteiger partial charge in [-0.15, -0.1) is 0 Å². The number of rotatable bonds is 7. The number of hydrogen-bond donors (Lipinski definition) is 0. The Hall–Kier alpha value is -2.75. The second kappa shape index (κ2) is 8.92. The molecule has 4 nitrogen and oxygen atoms in total. The molecule has 2 aromatic rings. The van der Waals surface area contributed by atoms with Crippen LogP contribution in [0.15, 0.2) is 42.5 Å². The molecular formula is C21H24O4. The van der Waals surface area contributed by atoms with Crippen molar-refractivity contribution in [1.29, 1.82) is 0 Å². The number of ether oxygens (including phenoxy) is 3. The highest BCUT2D eigenvalue weighted by molar-refractivity contribution is 5.88. The molecule has 0 bridgehead atoms. The van der Waals surface area contributed by atoms with E-state index in [-0.39, 0.29) is 0 Å². The Kier molecular flexibility index (Phi) is 6.63. The van der Waals surface area contributed by atoms with Gasteiger partial charge in [-0.25, -0.2) is 4.79 Å². The van der Waals surface area contributed by atoms with E-state index in [4.69, 9.17) is 14.2 Å². The van der Waals surface area contributed by atoms with Gasteiger partial charge in [0.15, 0.2) is 11.5 Å². The zero-order valence-electron chi connectivity index (χ0n) is 15.2. The van der Waals surface area contributed by atoms with E-state index in [1.807, 2.05) is 64.1 Å². The van der Waals surface area contributed by atoms with E-state index in [2.05, 4.69) is 0 Å². The van der Waals surface area contributed by atoms with Gasteiger partial charge in [-0.05, 0) is 74.7 Å². The molecule has 0 aromatic heterocycles. The molecule has 0 saturated carbocycles. The highest BCUT2D eigenvalue weighted by atomic mass is 16.5. The van der Waals surface area contributed by atoms with E-state index in [9.17, 15) is 4.79 Å². The van der Waals surface area contributed by atoms with E-state index in [1.54, 1.807) is 6.08 Å². The van der Waals surface area contributed by atoms with E-state index < -0.39 is 5.97 Å². The summed E-state index contributed by atoms with van der Waals surface area (Å²) in [6, 6.07) is 11.3. The SMILES string of the molecule is CCOc1ccc(C=CC(=O)Oc2cc(C)cc(C)c2)cc1OCC. The number of hydrogen-bond acceptors (Lipinski definition) is 4. The molecule has 0 saturated heterocycles. The Bertz CT molecular complexity index is 742. The molecule has 0 spiro atoms. The average molecular weight is 340 g/mol. The van der Waals surface area contributed by atoms with E-state index >= 15 is 0 Å². The molecule has 0 radical (unpaired) electrons. The molecule has 132 valence electrons. The predicted molar refractivity (Wildman–Crippen MR) is 99.4 cm³/mol. The van der Waals surface area contributed by atoms with Crippen LogP contribution in [0.3, 0.4) is 0 Å².